The fourth-order valence-electron chi connectivity index (χ4n) is 1.99. The number of hydrogen-bond donors (Lipinski definition) is 2. The highest BCUT2D eigenvalue weighted by atomic mass is 19.1. The van der Waals surface area contributed by atoms with Crippen molar-refractivity contribution >= 4 is 5.91 Å². The molecule has 0 saturated heterocycles. The third-order valence-electron chi connectivity index (χ3n) is 3.63. The van der Waals surface area contributed by atoms with Crippen molar-refractivity contribution in [1.82, 2.24) is 5.32 Å². The first kappa shape index (κ1) is 12.0. The molecule has 2 unspecified atom stereocenters. The largest absolute Gasteiger partial charge is 0.392 e. The lowest BCUT2D eigenvalue weighted by Crippen LogP contribution is -2.61. The first-order valence-corrected chi connectivity index (χ1v) is 5.66. The molecule has 0 radical (unpaired) electrons. The lowest BCUT2D eigenvalue weighted by molar-refractivity contribution is -0.0689. The molecule has 1 fully saturated rings. The van der Waals surface area contributed by atoms with E-state index >= 15 is 0 Å². The van der Waals surface area contributed by atoms with E-state index in [1.54, 1.807) is 0 Å². The molecule has 0 aromatic heterocycles. The molecule has 1 aromatic carbocycles. The summed E-state index contributed by atoms with van der Waals surface area (Å²) in [7, 11) is 0. The third-order valence-corrected chi connectivity index (χ3v) is 3.63. The Hall–Kier alpha value is -1.42. The van der Waals surface area contributed by atoms with E-state index in [4.69, 9.17) is 0 Å². The van der Waals surface area contributed by atoms with Crippen LogP contribution in [0.25, 0.3) is 0 Å². The average Bonchev–Trinajstić information content (AvgIpc) is 2.29. The van der Waals surface area contributed by atoms with Gasteiger partial charge in [-0.25, -0.2) is 4.39 Å². The van der Waals surface area contributed by atoms with Crippen LogP contribution in [0.4, 0.5) is 4.39 Å². The van der Waals surface area contributed by atoms with E-state index in [-0.39, 0.29) is 29.3 Å². The predicted molar refractivity (Wildman–Crippen MR) is 62.1 cm³/mol. The van der Waals surface area contributed by atoms with Gasteiger partial charge < -0.3 is 10.4 Å². The minimum Gasteiger partial charge on any atom is -0.392 e. The molecule has 1 aliphatic rings. The average molecular weight is 237 g/mol. The summed E-state index contributed by atoms with van der Waals surface area (Å²) in [4.78, 5) is 11.8. The van der Waals surface area contributed by atoms with Crippen molar-refractivity contribution in [1.29, 1.82) is 0 Å². The molecule has 2 atom stereocenters. The van der Waals surface area contributed by atoms with E-state index in [0.29, 0.717) is 12.0 Å². The summed E-state index contributed by atoms with van der Waals surface area (Å²) >= 11 is 0. The number of amides is 1. The van der Waals surface area contributed by atoms with E-state index in [0.717, 1.165) is 0 Å². The zero-order valence-corrected chi connectivity index (χ0v) is 9.90. The van der Waals surface area contributed by atoms with Gasteiger partial charge in [-0.1, -0.05) is 13.8 Å². The zero-order valence-electron chi connectivity index (χ0n) is 9.90. The summed E-state index contributed by atoms with van der Waals surface area (Å²) in [6, 6.07) is 5.39. The smallest absolute Gasteiger partial charge is 0.251 e. The third kappa shape index (κ3) is 2.17. The normalized spacial score (nSPS) is 26.1. The monoisotopic (exact) mass is 237 g/mol. The van der Waals surface area contributed by atoms with Crippen LogP contribution in [0.5, 0.6) is 0 Å². The molecule has 2 rings (SSSR count). The zero-order chi connectivity index (χ0) is 12.6. The van der Waals surface area contributed by atoms with Crippen molar-refractivity contribution in [2.24, 2.45) is 5.41 Å². The van der Waals surface area contributed by atoms with Gasteiger partial charge in [0, 0.05) is 17.0 Å². The molecule has 1 aliphatic carbocycles. The number of hydrogen-bond acceptors (Lipinski definition) is 2. The molecule has 0 heterocycles. The number of carbonyl (C=O) groups is 1. The van der Waals surface area contributed by atoms with Crippen LogP contribution in [0.3, 0.4) is 0 Å². The maximum atomic E-state index is 12.7. The second-order valence-electron chi connectivity index (χ2n) is 5.11. The lowest BCUT2D eigenvalue weighted by atomic mass is 9.64. The van der Waals surface area contributed by atoms with Crippen LogP contribution in [0.2, 0.25) is 0 Å². The molecule has 1 saturated carbocycles. The number of halogens is 1. The van der Waals surface area contributed by atoms with Gasteiger partial charge in [0.1, 0.15) is 5.82 Å². The molecule has 0 bridgehead atoms. The van der Waals surface area contributed by atoms with Crippen LogP contribution in [-0.2, 0) is 0 Å². The topological polar surface area (TPSA) is 49.3 Å². The predicted octanol–water partition coefficient (Wildman–Crippen LogP) is 1.71. The van der Waals surface area contributed by atoms with Crippen molar-refractivity contribution < 1.29 is 14.3 Å². The molecule has 1 amide bonds. The molecular weight excluding hydrogens is 221 g/mol. The van der Waals surface area contributed by atoms with E-state index in [1.165, 1.54) is 24.3 Å². The summed E-state index contributed by atoms with van der Waals surface area (Å²) in [5.41, 5.74) is 0.138. The number of rotatable bonds is 2. The van der Waals surface area contributed by atoms with Gasteiger partial charge in [-0.2, -0.15) is 0 Å². The number of carbonyl (C=O) groups excluding carboxylic acids is 1. The van der Waals surface area contributed by atoms with E-state index in [9.17, 15) is 14.3 Å². The maximum absolute atomic E-state index is 12.7. The summed E-state index contributed by atoms with van der Waals surface area (Å²) in [5, 5.41) is 12.4. The van der Waals surface area contributed by atoms with Crippen LogP contribution < -0.4 is 5.32 Å². The van der Waals surface area contributed by atoms with Gasteiger partial charge in [-0.3, -0.25) is 4.79 Å². The lowest BCUT2D eigenvalue weighted by Gasteiger charge is -2.49. The Kier molecular flexibility index (Phi) is 2.91. The highest BCUT2D eigenvalue weighted by Crippen LogP contribution is 2.40. The van der Waals surface area contributed by atoms with Gasteiger partial charge in [-0.15, -0.1) is 0 Å². The Morgan fingerprint density at radius 2 is 2.00 bits per heavy atom. The summed E-state index contributed by atoms with van der Waals surface area (Å²) < 4.78 is 12.7. The number of aliphatic hydroxyl groups is 1. The Morgan fingerprint density at radius 1 is 1.41 bits per heavy atom. The second kappa shape index (κ2) is 4.11. The Balaban J connectivity index is 2.01. The Morgan fingerprint density at radius 3 is 2.47 bits per heavy atom. The first-order chi connectivity index (χ1) is 7.91. The molecule has 92 valence electrons. The number of nitrogens with one attached hydrogen (secondary N) is 1. The van der Waals surface area contributed by atoms with Crippen LogP contribution in [-0.4, -0.2) is 23.2 Å². The Labute approximate surface area is 99.7 Å². The fraction of sp³-hybridized carbons (Fsp3) is 0.462. The van der Waals surface area contributed by atoms with E-state index < -0.39 is 0 Å². The van der Waals surface area contributed by atoms with Gasteiger partial charge in [0.05, 0.1) is 6.10 Å². The van der Waals surface area contributed by atoms with Crippen molar-refractivity contribution in [3.05, 3.63) is 35.6 Å². The molecule has 2 N–H and O–H groups in total. The SMILES string of the molecule is CC1(C)C(O)CC1NC(=O)c1ccc(F)cc1. The standard InChI is InChI=1S/C13H16FNO2/c1-13(2)10(7-11(13)16)15-12(17)8-3-5-9(14)6-4-8/h3-6,10-11,16H,7H2,1-2H3,(H,15,17). The fourth-order valence-corrected chi connectivity index (χ4v) is 1.99. The quantitative estimate of drug-likeness (QED) is 0.822. The van der Waals surface area contributed by atoms with E-state index in [1.807, 2.05) is 13.8 Å². The molecule has 0 aliphatic heterocycles. The molecule has 1 aromatic rings. The minimum atomic E-state index is -0.374. The van der Waals surface area contributed by atoms with Crippen LogP contribution >= 0.6 is 0 Å². The maximum Gasteiger partial charge on any atom is 0.251 e. The molecule has 17 heavy (non-hydrogen) atoms. The molecular formula is C13H16FNO2. The minimum absolute atomic E-state index is 0.0324. The van der Waals surface area contributed by atoms with Gasteiger partial charge in [0.15, 0.2) is 0 Å². The van der Waals surface area contributed by atoms with Gasteiger partial charge >= 0.3 is 0 Å². The number of aliphatic hydroxyl groups excluding tert-OH is 1. The second-order valence-corrected chi connectivity index (χ2v) is 5.11. The highest BCUT2D eigenvalue weighted by molar-refractivity contribution is 5.94. The van der Waals surface area contributed by atoms with Crippen molar-refractivity contribution in [2.45, 2.75) is 32.4 Å². The van der Waals surface area contributed by atoms with Crippen molar-refractivity contribution in [3.8, 4) is 0 Å². The highest BCUT2D eigenvalue weighted by Gasteiger charge is 2.47. The summed E-state index contributed by atoms with van der Waals surface area (Å²) in [6.07, 6.45) is 0.195. The van der Waals surface area contributed by atoms with Crippen LogP contribution in [0.15, 0.2) is 24.3 Å². The van der Waals surface area contributed by atoms with Crippen molar-refractivity contribution in [2.75, 3.05) is 0 Å². The molecule has 0 spiro atoms. The van der Waals surface area contributed by atoms with Crippen LogP contribution in [0.1, 0.15) is 30.6 Å². The molecule has 4 heteroatoms. The molecule has 3 nitrogen and oxygen atoms in total. The first-order valence-electron chi connectivity index (χ1n) is 5.66. The Bertz CT molecular complexity index is 428. The number of benzene rings is 1. The van der Waals surface area contributed by atoms with Crippen LogP contribution in [0, 0.1) is 11.2 Å². The van der Waals surface area contributed by atoms with Gasteiger partial charge in [0.25, 0.3) is 5.91 Å². The van der Waals surface area contributed by atoms with Gasteiger partial charge in [0.2, 0.25) is 0 Å². The summed E-state index contributed by atoms with van der Waals surface area (Å²) in [6.45, 7) is 3.83. The van der Waals surface area contributed by atoms with Crippen molar-refractivity contribution in [3.63, 3.8) is 0 Å². The van der Waals surface area contributed by atoms with Gasteiger partial charge in [-0.05, 0) is 30.7 Å². The van der Waals surface area contributed by atoms with E-state index in [2.05, 4.69) is 5.32 Å². The summed E-state index contributed by atoms with van der Waals surface area (Å²) in [5.74, 6) is -0.587.